The number of benzene rings is 2. The summed E-state index contributed by atoms with van der Waals surface area (Å²) in [6.07, 6.45) is 1.41. The fourth-order valence-electron chi connectivity index (χ4n) is 2.72. The van der Waals surface area contributed by atoms with Gasteiger partial charge in [0.05, 0.1) is 16.8 Å². The molecule has 6 nitrogen and oxygen atoms in total. The molecule has 1 aliphatic heterocycles. The van der Waals surface area contributed by atoms with Gasteiger partial charge < -0.3 is 9.84 Å². The number of carbonyl (C=O) groups is 2. The summed E-state index contributed by atoms with van der Waals surface area (Å²) in [7, 11) is 0. The minimum absolute atomic E-state index is 0.0287. The normalized spacial score (nSPS) is 15.7. The van der Waals surface area contributed by atoms with Crippen LogP contribution in [0.2, 0.25) is 5.02 Å². The summed E-state index contributed by atoms with van der Waals surface area (Å²) in [5, 5.41) is 13.0. The number of thiocarbonyl (C=S) groups is 1. The molecule has 2 aromatic rings. The molecule has 29 heavy (non-hydrogen) atoms. The Bertz CT molecular complexity index is 1070. The molecule has 0 atom stereocenters. The first-order chi connectivity index (χ1) is 13.7. The predicted molar refractivity (Wildman–Crippen MR) is 119 cm³/mol. The molecule has 2 amide bonds. The van der Waals surface area contributed by atoms with Gasteiger partial charge in [-0.3, -0.25) is 19.8 Å². The van der Waals surface area contributed by atoms with E-state index in [0.717, 1.165) is 5.56 Å². The Balaban J connectivity index is 2.05. The van der Waals surface area contributed by atoms with E-state index in [1.165, 1.54) is 17.0 Å². The smallest absolute Gasteiger partial charge is 0.270 e. The van der Waals surface area contributed by atoms with Gasteiger partial charge in [-0.1, -0.05) is 17.7 Å². The van der Waals surface area contributed by atoms with Crippen LogP contribution in [0.5, 0.6) is 11.5 Å². The van der Waals surface area contributed by atoms with Gasteiger partial charge in [-0.05, 0) is 83.5 Å². The molecule has 0 unspecified atom stereocenters. The Hall–Kier alpha value is -2.42. The van der Waals surface area contributed by atoms with E-state index in [-0.39, 0.29) is 22.2 Å². The van der Waals surface area contributed by atoms with Crippen LogP contribution in [0.25, 0.3) is 6.08 Å². The summed E-state index contributed by atoms with van der Waals surface area (Å²) in [6, 6.07) is 8.19. The fraction of sp³-hybridized carbons (Fsp3) is 0.150. The van der Waals surface area contributed by atoms with E-state index < -0.39 is 11.8 Å². The molecule has 2 N–H and O–H groups in total. The number of aromatic hydroxyl groups is 1. The summed E-state index contributed by atoms with van der Waals surface area (Å²) in [5.41, 5.74) is 1.67. The minimum atomic E-state index is -0.614. The molecule has 150 valence electrons. The maximum atomic E-state index is 13.1. The molecule has 3 rings (SSSR count). The lowest BCUT2D eigenvalue weighted by molar-refractivity contribution is -0.122. The van der Waals surface area contributed by atoms with E-state index in [1.54, 1.807) is 31.2 Å². The number of aryl methyl sites for hydroxylation is 1. The topological polar surface area (TPSA) is 78.9 Å². The number of hydrogen-bond acceptors (Lipinski definition) is 5. The lowest BCUT2D eigenvalue weighted by Crippen LogP contribution is -2.54. The average Bonchev–Trinajstić information content (AvgIpc) is 2.65. The summed E-state index contributed by atoms with van der Waals surface area (Å²) < 4.78 is 5.76. The van der Waals surface area contributed by atoms with Gasteiger partial charge in [-0.15, -0.1) is 0 Å². The number of nitrogens with zero attached hydrogens (tertiary/aromatic N) is 1. The standard InChI is InChI=1S/C20H16BrClN2O4S/c1-3-28-16-8-11(7-14(21)17(16)25)6-13-18(26)23-20(29)24(19(13)27)12-5-4-10(2)15(22)9-12/h4-9,25H,3H2,1-2H3,(H,23,26,29)/b13-6+. The number of amides is 2. The average molecular weight is 496 g/mol. The van der Waals surface area contributed by atoms with Crippen molar-refractivity contribution in [1.82, 2.24) is 5.32 Å². The molecule has 2 aromatic carbocycles. The zero-order chi connectivity index (χ0) is 21.3. The lowest BCUT2D eigenvalue weighted by atomic mass is 10.1. The third-order valence-electron chi connectivity index (χ3n) is 4.18. The van der Waals surface area contributed by atoms with Crippen molar-refractivity contribution in [2.45, 2.75) is 13.8 Å². The van der Waals surface area contributed by atoms with E-state index >= 15 is 0 Å². The number of halogens is 2. The van der Waals surface area contributed by atoms with Crippen molar-refractivity contribution in [3.05, 3.63) is 56.5 Å². The molecular formula is C20H16BrClN2O4S. The van der Waals surface area contributed by atoms with Crippen LogP contribution in [0.4, 0.5) is 5.69 Å². The van der Waals surface area contributed by atoms with Crippen LogP contribution >= 0.6 is 39.7 Å². The maximum absolute atomic E-state index is 13.1. The Morgan fingerprint density at radius 3 is 2.69 bits per heavy atom. The fourth-order valence-corrected chi connectivity index (χ4v) is 3.64. The number of phenolic OH excluding ortho intramolecular Hbond substituents is 1. The highest BCUT2D eigenvalue weighted by Crippen LogP contribution is 2.36. The van der Waals surface area contributed by atoms with Gasteiger partial charge >= 0.3 is 0 Å². The number of rotatable bonds is 4. The van der Waals surface area contributed by atoms with Crippen molar-refractivity contribution in [2.24, 2.45) is 0 Å². The van der Waals surface area contributed by atoms with Crippen molar-refractivity contribution >= 4 is 68.4 Å². The van der Waals surface area contributed by atoms with Crippen LogP contribution in [0, 0.1) is 6.92 Å². The Kier molecular flexibility index (Phi) is 6.26. The highest BCUT2D eigenvalue weighted by molar-refractivity contribution is 9.10. The molecule has 1 saturated heterocycles. The summed E-state index contributed by atoms with van der Waals surface area (Å²) in [4.78, 5) is 26.7. The zero-order valence-electron chi connectivity index (χ0n) is 15.5. The number of carbonyl (C=O) groups excluding carboxylic acids is 2. The van der Waals surface area contributed by atoms with Gasteiger partial charge in [-0.2, -0.15) is 0 Å². The van der Waals surface area contributed by atoms with Gasteiger partial charge in [0.25, 0.3) is 11.8 Å². The van der Waals surface area contributed by atoms with Crippen molar-refractivity contribution in [1.29, 1.82) is 0 Å². The molecular weight excluding hydrogens is 480 g/mol. The number of nitrogens with one attached hydrogen (secondary N) is 1. The number of anilines is 1. The van der Waals surface area contributed by atoms with Crippen LogP contribution in [-0.4, -0.2) is 28.6 Å². The molecule has 9 heteroatoms. The number of ether oxygens (including phenoxy) is 1. The largest absolute Gasteiger partial charge is 0.503 e. The van der Waals surface area contributed by atoms with Gasteiger partial charge in [0.15, 0.2) is 16.6 Å². The molecule has 0 radical (unpaired) electrons. The lowest BCUT2D eigenvalue weighted by Gasteiger charge is -2.29. The van der Waals surface area contributed by atoms with E-state index in [1.807, 2.05) is 6.92 Å². The van der Waals surface area contributed by atoms with Gasteiger partial charge in [0, 0.05) is 5.02 Å². The highest BCUT2D eigenvalue weighted by Gasteiger charge is 2.34. The second kappa shape index (κ2) is 8.52. The zero-order valence-corrected chi connectivity index (χ0v) is 18.6. The minimum Gasteiger partial charge on any atom is -0.503 e. The van der Waals surface area contributed by atoms with Gasteiger partial charge in [0.2, 0.25) is 0 Å². The van der Waals surface area contributed by atoms with Crippen LogP contribution in [0.15, 0.2) is 40.4 Å². The van der Waals surface area contributed by atoms with E-state index in [9.17, 15) is 14.7 Å². The summed E-state index contributed by atoms with van der Waals surface area (Å²) in [5.74, 6) is -1.03. The Morgan fingerprint density at radius 1 is 1.31 bits per heavy atom. The quantitative estimate of drug-likeness (QED) is 0.375. The van der Waals surface area contributed by atoms with Gasteiger partial charge in [0.1, 0.15) is 5.57 Å². The van der Waals surface area contributed by atoms with E-state index in [0.29, 0.717) is 27.4 Å². The molecule has 0 saturated carbocycles. The second-order valence-corrected chi connectivity index (χ2v) is 7.82. The SMILES string of the molecule is CCOc1cc(/C=C2\C(=O)NC(=S)N(c3ccc(C)c(Cl)c3)C2=O)cc(Br)c1O. The highest BCUT2D eigenvalue weighted by atomic mass is 79.9. The molecule has 0 aromatic heterocycles. The first-order valence-electron chi connectivity index (χ1n) is 8.55. The second-order valence-electron chi connectivity index (χ2n) is 6.17. The van der Waals surface area contributed by atoms with E-state index in [2.05, 4.69) is 21.2 Å². The summed E-state index contributed by atoms with van der Waals surface area (Å²) in [6.45, 7) is 3.96. The van der Waals surface area contributed by atoms with Crippen molar-refractivity contribution in [3.8, 4) is 11.5 Å². The Morgan fingerprint density at radius 2 is 2.03 bits per heavy atom. The van der Waals surface area contributed by atoms with Crippen molar-refractivity contribution in [2.75, 3.05) is 11.5 Å². The summed E-state index contributed by atoms with van der Waals surface area (Å²) >= 11 is 14.6. The van der Waals surface area contributed by atoms with Crippen LogP contribution < -0.4 is 15.0 Å². The van der Waals surface area contributed by atoms with E-state index in [4.69, 9.17) is 28.6 Å². The molecule has 0 bridgehead atoms. The maximum Gasteiger partial charge on any atom is 0.270 e. The van der Waals surface area contributed by atoms with Crippen molar-refractivity contribution < 1.29 is 19.4 Å². The van der Waals surface area contributed by atoms with Crippen LogP contribution in [0.1, 0.15) is 18.1 Å². The first kappa shape index (κ1) is 21.3. The van der Waals surface area contributed by atoms with Gasteiger partial charge in [-0.25, -0.2) is 0 Å². The molecule has 1 fully saturated rings. The predicted octanol–water partition coefficient (Wildman–Crippen LogP) is 4.35. The molecule has 0 spiro atoms. The molecule has 0 aliphatic carbocycles. The third kappa shape index (κ3) is 4.29. The molecule has 1 heterocycles. The number of phenols is 1. The van der Waals surface area contributed by atoms with Crippen LogP contribution in [0.3, 0.4) is 0 Å². The first-order valence-corrected chi connectivity index (χ1v) is 10.1. The number of hydrogen-bond donors (Lipinski definition) is 2. The monoisotopic (exact) mass is 494 g/mol. The van der Waals surface area contributed by atoms with Crippen molar-refractivity contribution in [3.63, 3.8) is 0 Å². The third-order valence-corrected chi connectivity index (χ3v) is 5.47. The molecule has 1 aliphatic rings. The van der Waals surface area contributed by atoms with Crippen LogP contribution in [-0.2, 0) is 9.59 Å². The Labute approximate surface area is 186 Å².